The van der Waals surface area contributed by atoms with Crippen molar-refractivity contribution in [1.29, 1.82) is 0 Å². The molecule has 0 radical (unpaired) electrons. The third-order valence-electron chi connectivity index (χ3n) is 2.76. The van der Waals surface area contributed by atoms with Crippen molar-refractivity contribution in [3.63, 3.8) is 0 Å². The number of carbonyl (C=O) groups is 1. The van der Waals surface area contributed by atoms with E-state index in [1.54, 1.807) is 0 Å². The maximum Gasteiger partial charge on any atom is 0.257 e. The Balaban J connectivity index is 2.14. The maximum atomic E-state index is 13.3. The second-order valence-corrected chi connectivity index (χ2v) is 6.40. The van der Waals surface area contributed by atoms with E-state index in [1.807, 2.05) is 0 Å². The quantitative estimate of drug-likeness (QED) is 0.871. The van der Waals surface area contributed by atoms with E-state index in [0.717, 1.165) is 18.2 Å². The fourth-order valence-electron chi connectivity index (χ4n) is 1.88. The zero-order valence-corrected chi connectivity index (χ0v) is 10.1. The number of sulfone groups is 1. The van der Waals surface area contributed by atoms with Crippen LogP contribution in [0.2, 0.25) is 0 Å². The first kappa shape index (κ1) is 12.9. The van der Waals surface area contributed by atoms with Gasteiger partial charge in [-0.05, 0) is 18.6 Å². The van der Waals surface area contributed by atoms with Crippen LogP contribution in [0.25, 0.3) is 0 Å². The fourth-order valence-corrected chi connectivity index (χ4v) is 3.55. The molecule has 1 heterocycles. The van der Waals surface area contributed by atoms with Crippen molar-refractivity contribution in [3.05, 3.63) is 35.4 Å². The number of hydrogen-bond acceptors (Lipinski definition) is 3. The summed E-state index contributed by atoms with van der Waals surface area (Å²) >= 11 is 0. The van der Waals surface area contributed by atoms with E-state index in [2.05, 4.69) is 5.32 Å². The van der Waals surface area contributed by atoms with Gasteiger partial charge >= 0.3 is 0 Å². The highest BCUT2D eigenvalue weighted by Gasteiger charge is 2.30. The average Bonchev–Trinajstić information content (AvgIpc) is 2.57. The van der Waals surface area contributed by atoms with E-state index in [4.69, 9.17) is 0 Å². The van der Waals surface area contributed by atoms with Crippen LogP contribution < -0.4 is 5.32 Å². The Morgan fingerprint density at radius 3 is 2.39 bits per heavy atom. The normalized spacial score (nSPS) is 21.8. The summed E-state index contributed by atoms with van der Waals surface area (Å²) in [7, 11) is -3.15. The summed E-state index contributed by atoms with van der Waals surface area (Å²) in [6.07, 6.45) is 0.268. The van der Waals surface area contributed by atoms with Crippen molar-refractivity contribution in [3.8, 4) is 0 Å². The van der Waals surface area contributed by atoms with E-state index in [1.165, 1.54) is 0 Å². The highest BCUT2D eigenvalue weighted by molar-refractivity contribution is 7.91. The van der Waals surface area contributed by atoms with Crippen LogP contribution in [-0.4, -0.2) is 31.9 Å². The molecule has 1 aromatic carbocycles. The Hall–Kier alpha value is -1.50. The van der Waals surface area contributed by atoms with Gasteiger partial charge in [0.05, 0.1) is 11.5 Å². The molecule has 98 valence electrons. The minimum absolute atomic E-state index is 0.0162. The van der Waals surface area contributed by atoms with Crippen molar-refractivity contribution >= 4 is 15.7 Å². The summed E-state index contributed by atoms with van der Waals surface area (Å²) in [5.74, 6) is -3.05. The number of rotatable bonds is 2. The van der Waals surface area contributed by atoms with Gasteiger partial charge in [-0.15, -0.1) is 0 Å². The molecule has 2 rings (SSSR count). The molecule has 1 aromatic rings. The van der Waals surface area contributed by atoms with Crippen LogP contribution in [0.1, 0.15) is 16.8 Å². The van der Waals surface area contributed by atoms with Crippen molar-refractivity contribution in [2.75, 3.05) is 11.5 Å². The molecule has 0 saturated carbocycles. The monoisotopic (exact) mass is 275 g/mol. The Kier molecular flexibility index (Phi) is 3.34. The van der Waals surface area contributed by atoms with Gasteiger partial charge in [0.15, 0.2) is 9.84 Å². The third-order valence-corrected chi connectivity index (χ3v) is 4.53. The maximum absolute atomic E-state index is 13.3. The van der Waals surface area contributed by atoms with Crippen LogP contribution in [-0.2, 0) is 9.84 Å². The molecule has 1 atom stereocenters. The molecule has 1 aliphatic rings. The SMILES string of the molecule is O=C(N[C@H]1CCS(=O)(=O)C1)c1c(F)cccc1F. The van der Waals surface area contributed by atoms with Gasteiger partial charge in [-0.2, -0.15) is 0 Å². The molecular weight excluding hydrogens is 264 g/mol. The molecule has 7 heteroatoms. The number of halogens is 2. The van der Waals surface area contributed by atoms with Gasteiger partial charge in [0.2, 0.25) is 0 Å². The second-order valence-electron chi connectivity index (χ2n) is 4.17. The molecule has 0 aliphatic carbocycles. The third kappa shape index (κ3) is 2.66. The number of hydrogen-bond donors (Lipinski definition) is 1. The molecular formula is C11H11F2NO3S. The van der Waals surface area contributed by atoms with Crippen molar-refractivity contribution in [2.24, 2.45) is 0 Å². The van der Waals surface area contributed by atoms with Gasteiger partial charge in [-0.3, -0.25) is 4.79 Å². The first-order valence-electron chi connectivity index (χ1n) is 5.34. The molecule has 0 aromatic heterocycles. The first-order chi connectivity index (χ1) is 8.39. The van der Waals surface area contributed by atoms with Gasteiger partial charge < -0.3 is 5.32 Å². The van der Waals surface area contributed by atoms with Crippen molar-refractivity contribution in [2.45, 2.75) is 12.5 Å². The van der Waals surface area contributed by atoms with Gasteiger partial charge in [0.1, 0.15) is 17.2 Å². The van der Waals surface area contributed by atoms with E-state index < -0.39 is 39.0 Å². The summed E-state index contributed by atoms with van der Waals surface area (Å²) in [5.41, 5.74) is -0.679. The number of benzene rings is 1. The molecule has 0 unspecified atom stereocenters. The average molecular weight is 275 g/mol. The predicted octanol–water partition coefficient (Wildman–Crippen LogP) is 0.882. The minimum Gasteiger partial charge on any atom is -0.348 e. The lowest BCUT2D eigenvalue weighted by molar-refractivity contribution is 0.0932. The van der Waals surface area contributed by atoms with Crippen LogP contribution in [0.3, 0.4) is 0 Å². The molecule has 1 saturated heterocycles. The van der Waals surface area contributed by atoms with E-state index in [-0.39, 0.29) is 17.9 Å². The summed E-state index contributed by atoms with van der Waals surface area (Å²) in [4.78, 5) is 11.7. The molecule has 1 amide bonds. The highest BCUT2D eigenvalue weighted by atomic mass is 32.2. The van der Waals surface area contributed by atoms with Gasteiger partial charge in [-0.25, -0.2) is 17.2 Å². The topological polar surface area (TPSA) is 63.2 Å². The van der Waals surface area contributed by atoms with Crippen LogP contribution in [0.5, 0.6) is 0 Å². The Bertz CT molecular complexity index is 566. The predicted molar refractivity (Wildman–Crippen MR) is 60.9 cm³/mol. The van der Waals surface area contributed by atoms with Crippen LogP contribution >= 0.6 is 0 Å². The molecule has 0 bridgehead atoms. The van der Waals surface area contributed by atoms with Gasteiger partial charge in [0.25, 0.3) is 5.91 Å². The lowest BCUT2D eigenvalue weighted by atomic mass is 10.1. The standard InChI is InChI=1S/C11H11F2NO3S/c12-8-2-1-3-9(13)10(8)11(15)14-7-4-5-18(16,17)6-7/h1-3,7H,4-6H2,(H,14,15)/t7-/m0/s1. The highest BCUT2D eigenvalue weighted by Crippen LogP contribution is 2.15. The smallest absolute Gasteiger partial charge is 0.257 e. The largest absolute Gasteiger partial charge is 0.348 e. The van der Waals surface area contributed by atoms with Gasteiger partial charge in [-0.1, -0.05) is 6.07 Å². The number of nitrogens with one attached hydrogen (secondary N) is 1. The molecule has 18 heavy (non-hydrogen) atoms. The molecule has 1 N–H and O–H groups in total. The van der Waals surface area contributed by atoms with Crippen LogP contribution in [0, 0.1) is 11.6 Å². The van der Waals surface area contributed by atoms with E-state index in [9.17, 15) is 22.0 Å². The minimum atomic E-state index is -3.15. The summed E-state index contributed by atoms with van der Waals surface area (Å²) < 4.78 is 49.0. The summed E-state index contributed by atoms with van der Waals surface area (Å²) in [6.45, 7) is 0. The summed E-state index contributed by atoms with van der Waals surface area (Å²) in [6, 6.07) is 2.52. The lowest BCUT2D eigenvalue weighted by Crippen LogP contribution is -2.36. The van der Waals surface area contributed by atoms with Crippen LogP contribution in [0.4, 0.5) is 8.78 Å². The summed E-state index contributed by atoms with van der Waals surface area (Å²) in [5, 5.41) is 2.33. The van der Waals surface area contributed by atoms with E-state index >= 15 is 0 Å². The second kappa shape index (κ2) is 4.64. The molecule has 0 spiro atoms. The van der Waals surface area contributed by atoms with Crippen molar-refractivity contribution in [1.82, 2.24) is 5.32 Å². The number of amides is 1. The number of carbonyl (C=O) groups excluding carboxylic acids is 1. The molecule has 1 aliphatic heterocycles. The zero-order valence-electron chi connectivity index (χ0n) is 9.32. The van der Waals surface area contributed by atoms with Crippen molar-refractivity contribution < 1.29 is 22.0 Å². The first-order valence-corrected chi connectivity index (χ1v) is 7.16. The zero-order chi connectivity index (χ0) is 13.3. The Labute approximate surface area is 103 Å². The van der Waals surface area contributed by atoms with E-state index in [0.29, 0.717) is 0 Å². The van der Waals surface area contributed by atoms with Crippen LogP contribution in [0.15, 0.2) is 18.2 Å². The Morgan fingerprint density at radius 2 is 1.89 bits per heavy atom. The Morgan fingerprint density at radius 1 is 1.28 bits per heavy atom. The fraction of sp³-hybridized carbons (Fsp3) is 0.364. The molecule has 4 nitrogen and oxygen atoms in total. The lowest BCUT2D eigenvalue weighted by Gasteiger charge is -2.11. The van der Waals surface area contributed by atoms with Gasteiger partial charge in [0, 0.05) is 6.04 Å². The molecule has 1 fully saturated rings.